The third-order valence-corrected chi connectivity index (χ3v) is 4.53. The van der Waals surface area contributed by atoms with E-state index >= 15 is 0 Å². The van der Waals surface area contributed by atoms with Gasteiger partial charge < -0.3 is 30.0 Å². The molecule has 0 fully saturated rings. The van der Waals surface area contributed by atoms with Gasteiger partial charge in [0.25, 0.3) is 0 Å². The lowest BCUT2D eigenvalue weighted by atomic mass is 9.83. The summed E-state index contributed by atoms with van der Waals surface area (Å²) < 4.78 is 5.44. The van der Waals surface area contributed by atoms with Crippen molar-refractivity contribution in [3.05, 3.63) is 64.2 Å². The Balaban J connectivity index is 1.98. The second-order valence-corrected chi connectivity index (χ2v) is 6.37. The van der Waals surface area contributed by atoms with E-state index in [1.165, 1.54) is 24.3 Å². The van der Waals surface area contributed by atoms with Gasteiger partial charge in [0, 0.05) is 16.7 Å². The van der Waals surface area contributed by atoms with Crippen LogP contribution >= 0.6 is 0 Å². The van der Waals surface area contributed by atoms with Gasteiger partial charge in [0.1, 0.15) is 30.7 Å². The molecule has 146 valence electrons. The first kappa shape index (κ1) is 19.8. The molecule has 0 bridgehead atoms. The number of ketones is 2. The molecule has 8 nitrogen and oxygen atoms in total. The topological polar surface area (TPSA) is 141 Å². The second kappa shape index (κ2) is 7.99. The van der Waals surface area contributed by atoms with Crippen molar-refractivity contribution in [3.8, 4) is 5.75 Å². The third-order valence-electron chi connectivity index (χ3n) is 4.53. The summed E-state index contributed by atoms with van der Waals surface area (Å²) in [6.45, 7) is -0.974. The molecule has 3 rings (SSSR count). The zero-order chi connectivity index (χ0) is 20.4. The van der Waals surface area contributed by atoms with E-state index in [0.717, 1.165) is 0 Å². The van der Waals surface area contributed by atoms with Crippen LogP contribution in [-0.4, -0.2) is 63.2 Å². The Hall–Kier alpha value is -2.91. The average molecular weight is 386 g/mol. The lowest BCUT2D eigenvalue weighted by Gasteiger charge is -2.23. The standard InChI is InChI=1S/C20H18O8/c21-7-10-5-13-17(19(26)12-4-2-1-3-11(12)18(13)25)16(6-10)28-9-15(24)20(27)14(23)8-22/h1-6,8,14-15,20-21,23-24,27H,7,9H2/t14-,15+,20-/m1/s1. The maximum atomic E-state index is 12.9. The van der Waals surface area contributed by atoms with E-state index in [1.54, 1.807) is 12.1 Å². The molecule has 1 aliphatic rings. The van der Waals surface area contributed by atoms with Gasteiger partial charge in [-0.1, -0.05) is 24.3 Å². The lowest BCUT2D eigenvalue weighted by molar-refractivity contribution is -0.127. The van der Waals surface area contributed by atoms with Crippen LogP contribution in [0.15, 0.2) is 36.4 Å². The Morgan fingerprint density at radius 3 is 2.21 bits per heavy atom. The highest BCUT2D eigenvalue weighted by atomic mass is 16.5. The first-order valence-electron chi connectivity index (χ1n) is 8.47. The minimum absolute atomic E-state index is 0.0153. The number of aliphatic hydroxyl groups excluding tert-OH is 4. The Labute approximate surface area is 159 Å². The number of benzene rings is 2. The van der Waals surface area contributed by atoms with Crippen molar-refractivity contribution in [2.24, 2.45) is 0 Å². The van der Waals surface area contributed by atoms with Crippen molar-refractivity contribution in [3.63, 3.8) is 0 Å². The van der Waals surface area contributed by atoms with Crippen molar-refractivity contribution in [1.29, 1.82) is 0 Å². The highest BCUT2D eigenvalue weighted by Crippen LogP contribution is 2.34. The Morgan fingerprint density at radius 1 is 0.964 bits per heavy atom. The van der Waals surface area contributed by atoms with Crippen LogP contribution in [0.25, 0.3) is 0 Å². The van der Waals surface area contributed by atoms with Crippen LogP contribution in [0.2, 0.25) is 0 Å². The number of fused-ring (bicyclic) bond motifs is 2. The smallest absolute Gasteiger partial charge is 0.198 e. The number of rotatable bonds is 7. The van der Waals surface area contributed by atoms with Gasteiger partial charge in [-0.05, 0) is 17.7 Å². The number of hydrogen-bond donors (Lipinski definition) is 4. The SMILES string of the molecule is O=C[C@@H](O)[C@@H](O)[C@@H](O)COc1cc(CO)cc2c1C(=O)c1ccccc1C2=O. The second-order valence-electron chi connectivity index (χ2n) is 6.37. The summed E-state index contributed by atoms with van der Waals surface area (Å²) in [6, 6.07) is 9.07. The lowest BCUT2D eigenvalue weighted by Crippen LogP contribution is -2.41. The number of aldehydes is 1. The first-order valence-corrected chi connectivity index (χ1v) is 8.47. The van der Waals surface area contributed by atoms with E-state index in [1.807, 2.05) is 0 Å². The van der Waals surface area contributed by atoms with E-state index in [-0.39, 0.29) is 34.3 Å². The average Bonchev–Trinajstić information content (AvgIpc) is 2.73. The number of carbonyl (C=O) groups is 3. The molecule has 0 saturated heterocycles. The maximum Gasteiger partial charge on any atom is 0.198 e. The normalized spacial score (nSPS) is 16.0. The minimum Gasteiger partial charge on any atom is -0.490 e. The van der Waals surface area contributed by atoms with Crippen molar-refractivity contribution in [2.45, 2.75) is 24.9 Å². The van der Waals surface area contributed by atoms with Gasteiger partial charge in [-0.2, -0.15) is 0 Å². The summed E-state index contributed by atoms with van der Waals surface area (Å²) in [5, 5.41) is 38.3. The number of ether oxygens (including phenoxy) is 1. The van der Waals surface area contributed by atoms with E-state index < -0.39 is 43.1 Å². The number of hydrogen-bond acceptors (Lipinski definition) is 8. The summed E-state index contributed by atoms with van der Waals surface area (Å²) in [5.41, 5.74) is 0.813. The monoisotopic (exact) mass is 386 g/mol. The Morgan fingerprint density at radius 2 is 1.61 bits per heavy atom. The van der Waals surface area contributed by atoms with E-state index in [2.05, 4.69) is 0 Å². The van der Waals surface area contributed by atoms with Crippen molar-refractivity contribution in [1.82, 2.24) is 0 Å². The highest BCUT2D eigenvalue weighted by molar-refractivity contribution is 6.29. The number of aliphatic hydroxyl groups is 4. The maximum absolute atomic E-state index is 12.9. The predicted molar refractivity (Wildman–Crippen MR) is 95.3 cm³/mol. The van der Waals surface area contributed by atoms with Crippen LogP contribution in [0, 0.1) is 0 Å². The van der Waals surface area contributed by atoms with Crippen LogP contribution < -0.4 is 4.74 Å². The molecule has 0 heterocycles. The molecule has 0 spiro atoms. The molecule has 8 heteroatoms. The van der Waals surface area contributed by atoms with Crippen molar-refractivity contribution < 1.29 is 39.5 Å². The fourth-order valence-corrected chi connectivity index (χ4v) is 3.03. The highest BCUT2D eigenvalue weighted by Gasteiger charge is 2.33. The minimum atomic E-state index is -1.80. The zero-order valence-electron chi connectivity index (χ0n) is 14.6. The molecule has 0 radical (unpaired) electrons. The van der Waals surface area contributed by atoms with Gasteiger partial charge in [0.15, 0.2) is 17.9 Å². The molecule has 0 saturated carbocycles. The Kier molecular flexibility index (Phi) is 5.66. The summed E-state index contributed by atoms with van der Waals surface area (Å²) in [5.74, 6) is -0.906. The van der Waals surface area contributed by atoms with E-state index in [0.29, 0.717) is 5.56 Å². The molecular formula is C20H18O8. The summed E-state index contributed by atoms with van der Waals surface area (Å²) in [7, 11) is 0. The van der Waals surface area contributed by atoms with E-state index in [9.17, 15) is 34.8 Å². The molecule has 2 aromatic carbocycles. The first-order chi connectivity index (χ1) is 13.4. The third kappa shape index (κ3) is 3.46. The molecule has 0 amide bonds. The molecule has 0 aliphatic heterocycles. The van der Waals surface area contributed by atoms with Crippen molar-refractivity contribution >= 4 is 17.9 Å². The fourth-order valence-electron chi connectivity index (χ4n) is 3.03. The fraction of sp³-hybridized carbons (Fsp3) is 0.250. The molecule has 1 aliphatic carbocycles. The largest absolute Gasteiger partial charge is 0.490 e. The molecule has 4 N–H and O–H groups in total. The summed E-state index contributed by atoms with van der Waals surface area (Å²) in [4.78, 5) is 36.2. The molecule has 0 aromatic heterocycles. The predicted octanol–water partition coefficient (Wildman–Crippen LogP) is -0.385. The van der Waals surface area contributed by atoms with Gasteiger partial charge in [-0.3, -0.25) is 9.59 Å². The van der Waals surface area contributed by atoms with Gasteiger partial charge in [-0.15, -0.1) is 0 Å². The quantitative estimate of drug-likeness (QED) is 0.403. The molecule has 0 unspecified atom stereocenters. The van der Waals surface area contributed by atoms with Crippen molar-refractivity contribution in [2.75, 3.05) is 6.61 Å². The van der Waals surface area contributed by atoms with Crippen LogP contribution in [0.1, 0.15) is 37.4 Å². The zero-order valence-corrected chi connectivity index (χ0v) is 14.6. The molecule has 28 heavy (non-hydrogen) atoms. The number of carbonyl (C=O) groups excluding carboxylic acids is 3. The van der Waals surface area contributed by atoms with Crippen LogP contribution in [0.4, 0.5) is 0 Å². The molecule has 3 atom stereocenters. The van der Waals surface area contributed by atoms with Crippen LogP contribution in [0.3, 0.4) is 0 Å². The van der Waals surface area contributed by atoms with Gasteiger partial charge in [0.2, 0.25) is 0 Å². The van der Waals surface area contributed by atoms with Gasteiger partial charge in [-0.25, -0.2) is 0 Å². The Bertz CT molecular complexity index is 936. The van der Waals surface area contributed by atoms with E-state index in [4.69, 9.17) is 4.74 Å². The van der Waals surface area contributed by atoms with Gasteiger partial charge in [0.05, 0.1) is 12.2 Å². The van der Waals surface area contributed by atoms with Crippen LogP contribution in [0.5, 0.6) is 5.75 Å². The molecular weight excluding hydrogens is 368 g/mol. The van der Waals surface area contributed by atoms with Crippen LogP contribution in [-0.2, 0) is 11.4 Å². The molecule has 2 aromatic rings. The summed E-state index contributed by atoms with van der Waals surface area (Å²) >= 11 is 0. The summed E-state index contributed by atoms with van der Waals surface area (Å²) in [6.07, 6.45) is -5.14. The van der Waals surface area contributed by atoms with Gasteiger partial charge >= 0.3 is 0 Å².